The van der Waals surface area contributed by atoms with Gasteiger partial charge in [-0.1, -0.05) is 19.9 Å². The molecule has 0 amide bonds. The van der Waals surface area contributed by atoms with E-state index in [-0.39, 0.29) is 6.42 Å². The summed E-state index contributed by atoms with van der Waals surface area (Å²) >= 11 is 0. The number of methoxy groups -OCH3 is 1. The number of benzene rings is 1. The predicted octanol–water partition coefficient (Wildman–Crippen LogP) is 2.99. The Bertz CT molecular complexity index is 620. The first-order valence-corrected chi connectivity index (χ1v) is 6.20. The zero-order valence-corrected chi connectivity index (χ0v) is 11.3. The fraction of sp³-hybridized carbons (Fsp3) is 0.333. The normalized spacial score (nSPS) is 10.9. The maximum absolute atomic E-state index is 10.7. The van der Waals surface area contributed by atoms with Crippen molar-refractivity contribution in [2.24, 2.45) is 0 Å². The van der Waals surface area contributed by atoms with E-state index < -0.39 is 5.97 Å². The molecule has 0 unspecified atom stereocenters. The first kappa shape index (κ1) is 13.3. The van der Waals surface area contributed by atoms with Crippen molar-refractivity contribution in [1.82, 2.24) is 4.98 Å². The molecule has 4 heteroatoms. The van der Waals surface area contributed by atoms with Crippen LogP contribution in [0.3, 0.4) is 0 Å². The number of ether oxygens (including phenoxy) is 1. The van der Waals surface area contributed by atoms with Gasteiger partial charge in [-0.2, -0.15) is 0 Å². The lowest BCUT2D eigenvalue weighted by atomic mass is 10.0. The lowest BCUT2D eigenvalue weighted by Gasteiger charge is -2.12. The zero-order chi connectivity index (χ0) is 14.0. The average Bonchev–Trinajstić information content (AvgIpc) is 2.36. The summed E-state index contributed by atoms with van der Waals surface area (Å²) in [5.41, 5.74) is 2.62. The van der Waals surface area contributed by atoms with Crippen LogP contribution in [0.1, 0.15) is 30.9 Å². The third-order valence-corrected chi connectivity index (χ3v) is 3.04. The highest BCUT2D eigenvalue weighted by atomic mass is 16.5. The van der Waals surface area contributed by atoms with E-state index in [0.29, 0.717) is 11.8 Å². The van der Waals surface area contributed by atoms with Gasteiger partial charge in [-0.05, 0) is 29.7 Å². The largest absolute Gasteiger partial charge is 0.481 e. The number of pyridine rings is 1. The zero-order valence-electron chi connectivity index (χ0n) is 11.3. The minimum atomic E-state index is -0.829. The minimum Gasteiger partial charge on any atom is -0.481 e. The van der Waals surface area contributed by atoms with Crippen LogP contribution >= 0.6 is 0 Å². The molecule has 1 N–H and O–H groups in total. The summed E-state index contributed by atoms with van der Waals surface area (Å²) in [4.78, 5) is 15.2. The molecule has 100 valence electrons. The predicted molar refractivity (Wildman–Crippen MR) is 73.7 cm³/mol. The number of carboxylic acid groups (broad SMARTS) is 1. The Hall–Kier alpha value is -2.10. The Labute approximate surface area is 112 Å². The Morgan fingerprint density at radius 1 is 1.37 bits per heavy atom. The van der Waals surface area contributed by atoms with Gasteiger partial charge < -0.3 is 9.84 Å². The Morgan fingerprint density at radius 2 is 2.11 bits per heavy atom. The third kappa shape index (κ3) is 2.84. The molecule has 0 aliphatic carbocycles. The van der Waals surface area contributed by atoms with Crippen LogP contribution in [-0.4, -0.2) is 23.2 Å². The quantitative estimate of drug-likeness (QED) is 0.917. The molecule has 0 radical (unpaired) electrons. The highest BCUT2D eigenvalue weighted by Gasteiger charge is 2.11. The second-order valence-corrected chi connectivity index (χ2v) is 4.84. The second-order valence-electron chi connectivity index (χ2n) is 4.84. The van der Waals surface area contributed by atoms with E-state index in [4.69, 9.17) is 9.84 Å². The summed E-state index contributed by atoms with van der Waals surface area (Å²) in [6, 6.07) is 7.52. The van der Waals surface area contributed by atoms with E-state index in [0.717, 1.165) is 22.0 Å². The number of fused-ring (bicyclic) bond motifs is 1. The van der Waals surface area contributed by atoms with Crippen LogP contribution in [-0.2, 0) is 11.2 Å². The van der Waals surface area contributed by atoms with E-state index in [1.807, 2.05) is 18.2 Å². The van der Waals surface area contributed by atoms with Crippen molar-refractivity contribution in [2.75, 3.05) is 7.11 Å². The van der Waals surface area contributed by atoms with Crippen molar-refractivity contribution in [3.05, 3.63) is 35.4 Å². The van der Waals surface area contributed by atoms with Crippen molar-refractivity contribution in [3.8, 4) is 5.88 Å². The standard InChI is InChI=1S/C15H17NO3/c1-9(2)12-8-11-6-10(7-14(17)18)4-5-13(11)16-15(12)19-3/h4-6,8-9H,7H2,1-3H3,(H,17,18). The van der Waals surface area contributed by atoms with Gasteiger partial charge in [0.05, 0.1) is 19.0 Å². The van der Waals surface area contributed by atoms with Gasteiger partial charge in [0, 0.05) is 10.9 Å². The summed E-state index contributed by atoms with van der Waals surface area (Å²) in [5.74, 6) is 0.105. The first-order chi connectivity index (χ1) is 9.01. The van der Waals surface area contributed by atoms with Crippen molar-refractivity contribution in [2.45, 2.75) is 26.2 Å². The molecule has 1 aromatic carbocycles. The van der Waals surface area contributed by atoms with Crippen LogP contribution in [0.4, 0.5) is 0 Å². The Kier molecular flexibility index (Phi) is 3.69. The monoisotopic (exact) mass is 259 g/mol. The molecule has 0 atom stereocenters. The van der Waals surface area contributed by atoms with E-state index in [2.05, 4.69) is 18.8 Å². The van der Waals surface area contributed by atoms with Gasteiger partial charge in [0.25, 0.3) is 0 Å². The molecule has 2 rings (SSSR count). The van der Waals surface area contributed by atoms with Crippen molar-refractivity contribution in [3.63, 3.8) is 0 Å². The van der Waals surface area contributed by atoms with Gasteiger partial charge in [0.1, 0.15) is 0 Å². The van der Waals surface area contributed by atoms with Crippen molar-refractivity contribution >= 4 is 16.9 Å². The molecule has 0 bridgehead atoms. The smallest absolute Gasteiger partial charge is 0.307 e. The number of carbonyl (C=O) groups is 1. The van der Waals surface area contributed by atoms with E-state index >= 15 is 0 Å². The number of aliphatic carboxylic acids is 1. The lowest BCUT2D eigenvalue weighted by molar-refractivity contribution is -0.136. The van der Waals surface area contributed by atoms with Crippen LogP contribution in [0.2, 0.25) is 0 Å². The molecular weight excluding hydrogens is 242 g/mol. The molecule has 0 aliphatic rings. The van der Waals surface area contributed by atoms with Gasteiger partial charge in [-0.25, -0.2) is 4.98 Å². The van der Waals surface area contributed by atoms with Crippen LogP contribution in [0.25, 0.3) is 10.9 Å². The minimum absolute atomic E-state index is 0.0268. The number of aromatic nitrogens is 1. The second kappa shape index (κ2) is 5.26. The van der Waals surface area contributed by atoms with Gasteiger partial charge >= 0.3 is 5.97 Å². The number of nitrogens with zero attached hydrogens (tertiary/aromatic N) is 1. The van der Waals surface area contributed by atoms with E-state index in [9.17, 15) is 4.79 Å². The Balaban J connectivity index is 2.55. The van der Waals surface area contributed by atoms with Gasteiger partial charge in [0.15, 0.2) is 0 Å². The van der Waals surface area contributed by atoms with Crippen molar-refractivity contribution in [1.29, 1.82) is 0 Å². The SMILES string of the molecule is COc1nc2ccc(CC(=O)O)cc2cc1C(C)C. The molecule has 0 saturated heterocycles. The molecule has 2 aromatic rings. The fourth-order valence-electron chi connectivity index (χ4n) is 2.09. The first-order valence-electron chi connectivity index (χ1n) is 6.20. The van der Waals surface area contributed by atoms with Crippen LogP contribution in [0.5, 0.6) is 5.88 Å². The van der Waals surface area contributed by atoms with Crippen LogP contribution in [0, 0.1) is 0 Å². The lowest BCUT2D eigenvalue weighted by Crippen LogP contribution is -2.01. The molecule has 0 aliphatic heterocycles. The summed E-state index contributed by atoms with van der Waals surface area (Å²) in [6.45, 7) is 4.15. The summed E-state index contributed by atoms with van der Waals surface area (Å²) in [6.07, 6.45) is 0.0268. The number of hydrogen-bond acceptors (Lipinski definition) is 3. The summed E-state index contributed by atoms with van der Waals surface area (Å²) in [5, 5.41) is 9.78. The van der Waals surface area contributed by atoms with Gasteiger partial charge in [-0.15, -0.1) is 0 Å². The molecular formula is C15H17NO3. The highest BCUT2D eigenvalue weighted by Crippen LogP contribution is 2.28. The number of carboxylic acids is 1. The summed E-state index contributed by atoms with van der Waals surface area (Å²) in [7, 11) is 1.61. The molecule has 4 nitrogen and oxygen atoms in total. The third-order valence-electron chi connectivity index (χ3n) is 3.04. The number of hydrogen-bond donors (Lipinski definition) is 1. The molecule has 1 aromatic heterocycles. The van der Waals surface area contributed by atoms with E-state index in [1.165, 1.54) is 0 Å². The Morgan fingerprint density at radius 3 is 2.68 bits per heavy atom. The summed E-state index contributed by atoms with van der Waals surface area (Å²) < 4.78 is 5.30. The van der Waals surface area contributed by atoms with E-state index in [1.54, 1.807) is 13.2 Å². The van der Waals surface area contributed by atoms with Gasteiger partial charge in [-0.3, -0.25) is 4.79 Å². The van der Waals surface area contributed by atoms with Gasteiger partial charge in [0.2, 0.25) is 5.88 Å². The van der Waals surface area contributed by atoms with Crippen LogP contribution < -0.4 is 4.74 Å². The molecule has 0 fully saturated rings. The maximum atomic E-state index is 10.7. The maximum Gasteiger partial charge on any atom is 0.307 e. The van der Waals surface area contributed by atoms with Crippen molar-refractivity contribution < 1.29 is 14.6 Å². The topological polar surface area (TPSA) is 59.4 Å². The molecule has 19 heavy (non-hydrogen) atoms. The molecule has 1 heterocycles. The molecule has 0 spiro atoms. The number of rotatable bonds is 4. The highest BCUT2D eigenvalue weighted by molar-refractivity contribution is 5.82. The molecule has 0 saturated carbocycles. The van der Waals surface area contributed by atoms with Crippen LogP contribution in [0.15, 0.2) is 24.3 Å². The fourth-order valence-corrected chi connectivity index (χ4v) is 2.09. The average molecular weight is 259 g/mol.